The second-order valence-corrected chi connectivity index (χ2v) is 7.56. The van der Waals surface area contributed by atoms with E-state index >= 15 is 0 Å². The fraction of sp³-hybridized carbons (Fsp3) is 0.500. The number of anilines is 1. The molecule has 2 aromatic rings. The van der Waals surface area contributed by atoms with Crippen molar-refractivity contribution in [2.45, 2.75) is 56.5 Å². The molecule has 1 aromatic carbocycles. The zero-order chi connectivity index (χ0) is 16.9. The van der Waals surface area contributed by atoms with E-state index in [1.165, 1.54) is 57.3 Å². The van der Waals surface area contributed by atoms with Gasteiger partial charge in [0.2, 0.25) is 0 Å². The molecular weight excluding hydrogens is 306 g/mol. The maximum atomic E-state index is 4.10. The molecule has 2 atom stereocenters. The Morgan fingerprint density at radius 2 is 1.56 bits per heavy atom. The average molecular weight is 335 g/mol. The zero-order valence-corrected chi connectivity index (χ0v) is 15.0. The van der Waals surface area contributed by atoms with Gasteiger partial charge in [-0.25, -0.2) is 0 Å². The molecule has 0 unspecified atom stereocenters. The minimum Gasteiger partial charge on any atom is -0.382 e. The van der Waals surface area contributed by atoms with Crippen LogP contribution in [0.3, 0.4) is 0 Å². The van der Waals surface area contributed by atoms with E-state index in [4.69, 9.17) is 0 Å². The Balaban J connectivity index is 1.37. The Morgan fingerprint density at radius 3 is 2.32 bits per heavy atom. The molecule has 25 heavy (non-hydrogen) atoms. The number of benzene rings is 1. The molecule has 1 aromatic heterocycles. The van der Waals surface area contributed by atoms with Gasteiger partial charge in [0.15, 0.2) is 0 Å². The third-order valence-corrected chi connectivity index (χ3v) is 6.01. The molecule has 2 heterocycles. The molecule has 0 bridgehead atoms. The van der Waals surface area contributed by atoms with Crippen LogP contribution in [0, 0.1) is 0 Å². The molecule has 0 radical (unpaired) electrons. The number of hydrogen-bond donors (Lipinski definition) is 1. The van der Waals surface area contributed by atoms with Crippen LogP contribution in [0.5, 0.6) is 0 Å². The minimum absolute atomic E-state index is 0.595. The lowest BCUT2D eigenvalue weighted by Gasteiger charge is -2.43. The van der Waals surface area contributed by atoms with Crippen molar-refractivity contribution in [1.82, 2.24) is 9.88 Å². The molecule has 4 rings (SSSR count). The molecule has 132 valence electrons. The van der Waals surface area contributed by atoms with Crippen LogP contribution in [-0.2, 0) is 0 Å². The highest BCUT2D eigenvalue weighted by Gasteiger charge is 2.33. The van der Waals surface area contributed by atoms with E-state index in [9.17, 15) is 0 Å². The van der Waals surface area contributed by atoms with E-state index in [-0.39, 0.29) is 0 Å². The van der Waals surface area contributed by atoms with E-state index in [1.54, 1.807) is 5.56 Å². The van der Waals surface area contributed by atoms with Gasteiger partial charge in [0.05, 0.1) is 0 Å². The smallest absolute Gasteiger partial charge is 0.0373 e. The second-order valence-electron chi connectivity index (χ2n) is 7.56. The molecule has 1 saturated carbocycles. The summed E-state index contributed by atoms with van der Waals surface area (Å²) in [4.78, 5) is 6.88. The molecule has 3 heteroatoms. The lowest BCUT2D eigenvalue weighted by atomic mass is 9.78. The van der Waals surface area contributed by atoms with Crippen LogP contribution in [-0.4, -0.2) is 35.1 Å². The van der Waals surface area contributed by atoms with Crippen LogP contribution in [0.4, 0.5) is 5.69 Å². The Morgan fingerprint density at radius 1 is 0.840 bits per heavy atom. The molecule has 2 fully saturated rings. The van der Waals surface area contributed by atoms with Crippen molar-refractivity contribution in [3.8, 4) is 0 Å². The van der Waals surface area contributed by atoms with Crippen LogP contribution in [0.2, 0.25) is 0 Å². The first-order valence-corrected chi connectivity index (χ1v) is 9.86. The fourth-order valence-electron chi connectivity index (χ4n) is 4.70. The van der Waals surface area contributed by atoms with Gasteiger partial charge >= 0.3 is 0 Å². The molecule has 0 amide bonds. The third-order valence-electron chi connectivity index (χ3n) is 6.01. The lowest BCUT2D eigenvalue weighted by Crippen LogP contribution is -2.47. The third kappa shape index (κ3) is 4.04. The molecule has 1 aliphatic heterocycles. The van der Waals surface area contributed by atoms with E-state index in [1.807, 2.05) is 12.4 Å². The first kappa shape index (κ1) is 16.6. The van der Waals surface area contributed by atoms with Crippen LogP contribution < -0.4 is 5.32 Å². The number of piperidine rings is 1. The van der Waals surface area contributed by atoms with Crippen LogP contribution in [0.15, 0.2) is 54.9 Å². The summed E-state index contributed by atoms with van der Waals surface area (Å²) in [6.07, 6.45) is 11.7. The summed E-state index contributed by atoms with van der Waals surface area (Å²) in [5, 5.41) is 3.68. The normalized spacial score (nSPS) is 25.6. The molecule has 1 aliphatic carbocycles. The number of pyridine rings is 1. The van der Waals surface area contributed by atoms with E-state index in [2.05, 4.69) is 57.7 Å². The number of nitrogens with zero attached hydrogens (tertiary/aromatic N) is 2. The summed E-state index contributed by atoms with van der Waals surface area (Å²) in [6, 6.07) is 16.7. The van der Waals surface area contributed by atoms with Crippen molar-refractivity contribution in [2.24, 2.45) is 0 Å². The van der Waals surface area contributed by atoms with Crippen molar-refractivity contribution < 1.29 is 0 Å². The SMILES string of the molecule is c1ccc([C@H]2CCCC[C@H]2N2CCC(Nc3ccncc3)CC2)cc1. The Hall–Kier alpha value is -1.87. The maximum absolute atomic E-state index is 4.10. The molecule has 0 spiro atoms. The molecule has 1 saturated heterocycles. The van der Waals surface area contributed by atoms with Gasteiger partial charge in [-0.3, -0.25) is 9.88 Å². The zero-order valence-electron chi connectivity index (χ0n) is 15.0. The summed E-state index contributed by atoms with van der Waals surface area (Å²) in [5.74, 6) is 0.722. The fourth-order valence-corrected chi connectivity index (χ4v) is 4.70. The van der Waals surface area contributed by atoms with Crippen LogP contribution in [0.1, 0.15) is 50.0 Å². The monoisotopic (exact) mass is 335 g/mol. The molecular formula is C22H29N3. The Bertz CT molecular complexity index is 635. The number of likely N-dealkylation sites (tertiary alicyclic amines) is 1. The average Bonchev–Trinajstić information content (AvgIpc) is 2.70. The van der Waals surface area contributed by atoms with Gasteiger partial charge in [-0.1, -0.05) is 43.2 Å². The maximum Gasteiger partial charge on any atom is 0.0373 e. The van der Waals surface area contributed by atoms with Gasteiger partial charge in [-0.15, -0.1) is 0 Å². The summed E-state index contributed by atoms with van der Waals surface area (Å²) in [7, 11) is 0. The number of nitrogens with one attached hydrogen (secondary N) is 1. The van der Waals surface area contributed by atoms with Crippen molar-refractivity contribution in [2.75, 3.05) is 18.4 Å². The predicted molar refractivity (Wildman–Crippen MR) is 104 cm³/mol. The van der Waals surface area contributed by atoms with Crippen molar-refractivity contribution in [3.05, 3.63) is 60.4 Å². The predicted octanol–water partition coefficient (Wildman–Crippen LogP) is 4.68. The first-order chi connectivity index (χ1) is 12.4. The van der Waals surface area contributed by atoms with Gasteiger partial charge < -0.3 is 5.32 Å². The van der Waals surface area contributed by atoms with Gasteiger partial charge in [-0.05, 0) is 49.3 Å². The summed E-state index contributed by atoms with van der Waals surface area (Å²) >= 11 is 0. The van der Waals surface area contributed by atoms with E-state index in [0.717, 1.165) is 12.0 Å². The minimum atomic E-state index is 0.595. The summed E-state index contributed by atoms with van der Waals surface area (Å²) < 4.78 is 0. The molecule has 2 aliphatic rings. The highest BCUT2D eigenvalue weighted by molar-refractivity contribution is 5.41. The van der Waals surface area contributed by atoms with E-state index in [0.29, 0.717) is 6.04 Å². The van der Waals surface area contributed by atoms with E-state index < -0.39 is 0 Å². The largest absolute Gasteiger partial charge is 0.382 e. The molecule has 3 nitrogen and oxygen atoms in total. The molecule has 1 N–H and O–H groups in total. The number of rotatable bonds is 4. The Kier molecular flexibility index (Phi) is 5.31. The van der Waals surface area contributed by atoms with Crippen molar-refractivity contribution in [3.63, 3.8) is 0 Å². The van der Waals surface area contributed by atoms with Gasteiger partial charge in [0.1, 0.15) is 0 Å². The van der Waals surface area contributed by atoms with Crippen LogP contribution in [0.25, 0.3) is 0 Å². The quantitative estimate of drug-likeness (QED) is 0.879. The van der Waals surface area contributed by atoms with Crippen molar-refractivity contribution >= 4 is 5.69 Å². The van der Waals surface area contributed by atoms with Gasteiger partial charge in [0, 0.05) is 43.3 Å². The van der Waals surface area contributed by atoms with Gasteiger partial charge in [-0.2, -0.15) is 0 Å². The summed E-state index contributed by atoms with van der Waals surface area (Å²) in [6.45, 7) is 2.44. The number of hydrogen-bond acceptors (Lipinski definition) is 3. The summed E-state index contributed by atoms with van der Waals surface area (Å²) in [5.41, 5.74) is 2.75. The van der Waals surface area contributed by atoms with Gasteiger partial charge in [0.25, 0.3) is 0 Å². The van der Waals surface area contributed by atoms with Crippen LogP contribution >= 0.6 is 0 Å². The lowest BCUT2D eigenvalue weighted by molar-refractivity contribution is 0.109. The number of aromatic nitrogens is 1. The highest BCUT2D eigenvalue weighted by atomic mass is 15.2. The van der Waals surface area contributed by atoms with Crippen molar-refractivity contribution in [1.29, 1.82) is 0 Å². The second kappa shape index (κ2) is 8.01. The first-order valence-electron chi connectivity index (χ1n) is 9.86. The Labute approximate surface area is 151 Å². The standard InChI is InChI=1S/C22H29N3/c1-2-6-18(7-3-1)21-8-4-5-9-22(21)25-16-12-20(13-17-25)24-19-10-14-23-15-11-19/h1-3,6-7,10-11,14-15,20-22H,4-5,8-9,12-13,16-17H2,(H,23,24)/t21-,22-/m1/s1. The topological polar surface area (TPSA) is 28.2 Å². The highest BCUT2D eigenvalue weighted by Crippen LogP contribution is 2.37.